The van der Waals surface area contributed by atoms with Crippen molar-refractivity contribution in [2.75, 3.05) is 20.1 Å². The largest absolute Gasteiger partial charge is 0.336 e. The number of nitrogens with zero attached hydrogens (tertiary/aromatic N) is 1. The second-order valence-electron chi connectivity index (χ2n) is 2.16. The van der Waals surface area contributed by atoms with E-state index in [2.05, 4.69) is 25.8 Å². The van der Waals surface area contributed by atoms with E-state index < -0.39 is 0 Å². The molecule has 0 fully saturated rings. The maximum absolute atomic E-state index is 3.76. The first-order chi connectivity index (χ1) is 3.81. The van der Waals surface area contributed by atoms with Gasteiger partial charge in [-0.1, -0.05) is 13.3 Å². The van der Waals surface area contributed by atoms with Crippen LogP contribution in [0.2, 0.25) is 0 Å². The van der Waals surface area contributed by atoms with E-state index >= 15 is 0 Å². The van der Waals surface area contributed by atoms with Crippen LogP contribution in [0.5, 0.6) is 0 Å². The van der Waals surface area contributed by atoms with E-state index in [0.29, 0.717) is 0 Å². The van der Waals surface area contributed by atoms with Gasteiger partial charge in [-0.2, -0.15) is 0 Å². The Morgan fingerprint density at radius 1 is 1.44 bits per heavy atom. The molecule has 9 heavy (non-hydrogen) atoms. The topological polar surface area (TPSA) is 3.24 Å². The van der Waals surface area contributed by atoms with Gasteiger partial charge in [0.15, 0.2) is 0 Å². The molecular weight excluding hydrogens is 187 g/mol. The summed E-state index contributed by atoms with van der Waals surface area (Å²) in [5, 5.41) is 0. The van der Waals surface area contributed by atoms with E-state index in [0.717, 1.165) is 6.54 Å². The van der Waals surface area contributed by atoms with Crippen molar-refractivity contribution in [2.24, 2.45) is 0 Å². The van der Waals surface area contributed by atoms with Gasteiger partial charge in [-0.15, -0.1) is 6.54 Å². The van der Waals surface area contributed by atoms with E-state index in [1.165, 1.54) is 19.4 Å². The van der Waals surface area contributed by atoms with Crippen LogP contribution < -0.4 is 0 Å². The zero-order valence-electron chi connectivity index (χ0n) is 6.56. The monoisotopic (exact) mass is 203 g/mol. The Morgan fingerprint density at radius 3 is 2.33 bits per heavy atom. The van der Waals surface area contributed by atoms with Gasteiger partial charge in [-0.3, -0.25) is 0 Å². The standard InChI is InChI=1S/C7H16N.Y/c1-4-6-7-8(3)5-2;/h2,4-7H2,1,3H3;/q-1;. The number of rotatable bonds is 4. The Balaban J connectivity index is 0. The predicted octanol–water partition coefficient (Wildman–Crippen LogP) is 1.55. The third-order valence-corrected chi connectivity index (χ3v) is 1.28. The number of unbranched alkanes of at least 4 members (excludes halogenated alkanes) is 1. The van der Waals surface area contributed by atoms with Crippen molar-refractivity contribution in [3.63, 3.8) is 0 Å². The molecule has 1 radical (unpaired) electrons. The van der Waals surface area contributed by atoms with Gasteiger partial charge in [-0.25, -0.2) is 0 Å². The fourth-order valence-electron chi connectivity index (χ4n) is 0.540. The number of hydrogen-bond donors (Lipinski definition) is 0. The Labute approximate surface area is 84.1 Å². The van der Waals surface area contributed by atoms with E-state index in [4.69, 9.17) is 0 Å². The molecular formula is C7H16NY-. The van der Waals surface area contributed by atoms with E-state index in [9.17, 15) is 0 Å². The van der Waals surface area contributed by atoms with Crippen molar-refractivity contribution in [3.05, 3.63) is 6.92 Å². The van der Waals surface area contributed by atoms with Crippen molar-refractivity contribution < 1.29 is 32.7 Å². The zero-order chi connectivity index (χ0) is 6.41. The molecule has 0 aromatic carbocycles. The summed E-state index contributed by atoms with van der Waals surface area (Å²) in [6, 6.07) is 0. The molecule has 0 atom stereocenters. The average molecular weight is 203 g/mol. The van der Waals surface area contributed by atoms with Gasteiger partial charge < -0.3 is 11.8 Å². The first-order valence-corrected chi connectivity index (χ1v) is 3.29. The summed E-state index contributed by atoms with van der Waals surface area (Å²) in [4.78, 5) is 2.23. The SMILES string of the molecule is [CH2-]CN(C)CCCC.[Y]. The smallest absolute Gasteiger partial charge is 0 e. The quantitative estimate of drug-likeness (QED) is 0.626. The van der Waals surface area contributed by atoms with Crippen LogP contribution in [0.4, 0.5) is 0 Å². The Bertz CT molecular complexity index is 48.2. The second kappa shape index (κ2) is 9.06. The maximum Gasteiger partial charge on any atom is 0 e. The van der Waals surface area contributed by atoms with Crippen molar-refractivity contribution in [3.8, 4) is 0 Å². The van der Waals surface area contributed by atoms with Crippen molar-refractivity contribution in [2.45, 2.75) is 19.8 Å². The normalized spacial score (nSPS) is 9.33. The van der Waals surface area contributed by atoms with Gasteiger partial charge >= 0.3 is 0 Å². The van der Waals surface area contributed by atoms with Crippen LogP contribution in [0, 0.1) is 6.92 Å². The fourth-order valence-corrected chi connectivity index (χ4v) is 0.540. The molecule has 0 saturated heterocycles. The predicted molar refractivity (Wildman–Crippen MR) is 37.8 cm³/mol. The first kappa shape index (κ1) is 12.7. The zero-order valence-corrected chi connectivity index (χ0v) is 9.40. The molecule has 0 aliphatic carbocycles. The van der Waals surface area contributed by atoms with Crippen LogP contribution in [0.1, 0.15) is 19.8 Å². The van der Waals surface area contributed by atoms with Crippen LogP contribution in [0.15, 0.2) is 0 Å². The Morgan fingerprint density at radius 2 is 2.00 bits per heavy atom. The van der Waals surface area contributed by atoms with Crippen LogP contribution >= 0.6 is 0 Å². The van der Waals surface area contributed by atoms with Crippen molar-refractivity contribution in [1.82, 2.24) is 4.90 Å². The summed E-state index contributed by atoms with van der Waals surface area (Å²) in [5.74, 6) is 0. The van der Waals surface area contributed by atoms with Crippen molar-refractivity contribution >= 4 is 0 Å². The van der Waals surface area contributed by atoms with Gasteiger partial charge in [0.2, 0.25) is 0 Å². The molecule has 0 N–H and O–H groups in total. The molecule has 0 aliphatic rings. The van der Waals surface area contributed by atoms with E-state index in [1.54, 1.807) is 0 Å². The Hall–Kier alpha value is 1.06. The molecule has 53 valence electrons. The minimum Gasteiger partial charge on any atom is -0.336 e. The van der Waals surface area contributed by atoms with Crippen LogP contribution in [0.25, 0.3) is 0 Å². The van der Waals surface area contributed by atoms with Gasteiger partial charge in [0.05, 0.1) is 0 Å². The van der Waals surface area contributed by atoms with Gasteiger partial charge in [0, 0.05) is 32.7 Å². The van der Waals surface area contributed by atoms with E-state index in [-0.39, 0.29) is 32.7 Å². The van der Waals surface area contributed by atoms with Gasteiger partial charge in [0.1, 0.15) is 0 Å². The minimum atomic E-state index is 0. The molecule has 0 rings (SSSR count). The van der Waals surface area contributed by atoms with Gasteiger partial charge in [0.25, 0.3) is 0 Å². The summed E-state index contributed by atoms with van der Waals surface area (Å²) in [7, 11) is 2.10. The molecule has 0 unspecified atom stereocenters. The molecule has 0 aromatic rings. The molecule has 0 amide bonds. The first-order valence-electron chi connectivity index (χ1n) is 3.29. The van der Waals surface area contributed by atoms with Crippen molar-refractivity contribution in [1.29, 1.82) is 0 Å². The fraction of sp³-hybridized carbons (Fsp3) is 0.857. The van der Waals surface area contributed by atoms with Crippen LogP contribution in [-0.4, -0.2) is 25.0 Å². The van der Waals surface area contributed by atoms with E-state index in [1.807, 2.05) is 0 Å². The molecule has 0 aromatic heterocycles. The molecule has 0 spiro atoms. The molecule has 0 bridgehead atoms. The summed E-state index contributed by atoms with van der Waals surface area (Å²) in [6.45, 7) is 8.09. The van der Waals surface area contributed by atoms with Crippen LogP contribution in [0.3, 0.4) is 0 Å². The summed E-state index contributed by atoms with van der Waals surface area (Å²) in [6.07, 6.45) is 2.58. The van der Waals surface area contributed by atoms with Gasteiger partial charge in [-0.05, 0) is 20.0 Å². The summed E-state index contributed by atoms with van der Waals surface area (Å²) in [5.41, 5.74) is 0. The molecule has 2 heteroatoms. The van der Waals surface area contributed by atoms with Crippen LogP contribution in [-0.2, 0) is 32.7 Å². The number of hydrogen-bond acceptors (Lipinski definition) is 1. The third-order valence-electron chi connectivity index (χ3n) is 1.28. The summed E-state index contributed by atoms with van der Waals surface area (Å²) >= 11 is 0. The second-order valence-corrected chi connectivity index (χ2v) is 2.16. The molecule has 0 saturated carbocycles. The minimum absolute atomic E-state index is 0. The average Bonchev–Trinajstić information content (AvgIpc) is 1.83. The summed E-state index contributed by atoms with van der Waals surface area (Å²) < 4.78 is 0. The Kier molecular flexibility index (Phi) is 12.8. The molecule has 1 nitrogen and oxygen atoms in total. The maximum atomic E-state index is 3.76. The molecule has 0 aliphatic heterocycles. The third kappa shape index (κ3) is 9.06. The molecule has 0 heterocycles.